The predicted molar refractivity (Wildman–Crippen MR) is 128 cm³/mol. The van der Waals surface area contributed by atoms with Gasteiger partial charge in [0.2, 0.25) is 5.91 Å². The normalized spacial score (nSPS) is 13.6. The van der Waals surface area contributed by atoms with Crippen molar-refractivity contribution in [2.75, 3.05) is 23.3 Å². The SMILES string of the molecule is Cc1cc(C)n(-c2ccc(CNC(=O)Nc3cc(C(N)=O)ccc3N3CCCCC3)cn2)n1. The van der Waals surface area contributed by atoms with E-state index in [9.17, 15) is 9.59 Å². The second-order valence-electron chi connectivity index (χ2n) is 8.32. The molecule has 4 N–H and O–H groups in total. The van der Waals surface area contributed by atoms with Crippen LogP contribution in [0.25, 0.3) is 5.82 Å². The summed E-state index contributed by atoms with van der Waals surface area (Å²) in [6, 6.07) is 10.6. The van der Waals surface area contributed by atoms with Crippen molar-refractivity contribution in [2.45, 2.75) is 39.7 Å². The molecule has 0 atom stereocenters. The zero-order valence-electron chi connectivity index (χ0n) is 19.0. The van der Waals surface area contributed by atoms with Crippen LogP contribution in [0.15, 0.2) is 42.6 Å². The minimum atomic E-state index is -0.530. The van der Waals surface area contributed by atoms with Crippen LogP contribution in [0.3, 0.4) is 0 Å². The van der Waals surface area contributed by atoms with Crippen molar-refractivity contribution in [3.8, 4) is 5.82 Å². The van der Waals surface area contributed by atoms with Gasteiger partial charge in [0, 0.05) is 37.1 Å². The standard InChI is InChI=1S/C24H29N7O2/c1-16-12-17(2)31(29-16)22-9-6-18(14-26-22)15-27-24(33)28-20-13-19(23(25)32)7-8-21(20)30-10-4-3-5-11-30/h6-9,12-14H,3-5,10-11,15H2,1-2H3,(H2,25,32)(H2,27,28,33). The molecule has 3 heterocycles. The van der Waals surface area contributed by atoms with Crippen LogP contribution in [0.2, 0.25) is 0 Å². The van der Waals surface area contributed by atoms with Gasteiger partial charge in [0.15, 0.2) is 5.82 Å². The van der Waals surface area contributed by atoms with Crippen LogP contribution in [0, 0.1) is 13.8 Å². The molecule has 0 radical (unpaired) electrons. The number of rotatable bonds is 6. The lowest BCUT2D eigenvalue weighted by molar-refractivity contribution is 0.100. The van der Waals surface area contributed by atoms with E-state index in [1.54, 1.807) is 23.0 Å². The van der Waals surface area contributed by atoms with Gasteiger partial charge in [-0.1, -0.05) is 6.07 Å². The van der Waals surface area contributed by atoms with Crippen molar-refractivity contribution in [3.63, 3.8) is 0 Å². The number of hydrogen-bond acceptors (Lipinski definition) is 5. The minimum absolute atomic E-state index is 0.310. The fraction of sp³-hybridized carbons (Fsp3) is 0.333. The van der Waals surface area contributed by atoms with Gasteiger partial charge in [-0.05, 0) is 69.0 Å². The Labute approximate surface area is 193 Å². The van der Waals surface area contributed by atoms with Gasteiger partial charge >= 0.3 is 6.03 Å². The third-order valence-electron chi connectivity index (χ3n) is 5.71. The quantitative estimate of drug-likeness (QED) is 0.536. The number of aryl methyl sites for hydroxylation is 2. The first kappa shape index (κ1) is 22.3. The van der Waals surface area contributed by atoms with Gasteiger partial charge in [0.1, 0.15) is 0 Å². The van der Waals surface area contributed by atoms with Crippen LogP contribution < -0.4 is 21.3 Å². The van der Waals surface area contributed by atoms with Crippen molar-refractivity contribution in [1.82, 2.24) is 20.1 Å². The highest BCUT2D eigenvalue weighted by molar-refractivity contribution is 5.98. The number of nitrogens with one attached hydrogen (secondary N) is 2. The van der Waals surface area contributed by atoms with Crippen molar-refractivity contribution >= 4 is 23.3 Å². The predicted octanol–water partition coefficient (Wildman–Crippen LogP) is 3.30. The van der Waals surface area contributed by atoms with Gasteiger partial charge in [0.05, 0.1) is 17.1 Å². The molecule has 4 rings (SSSR count). The molecule has 1 aliphatic rings. The molecule has 1 fully saturated rings. The van der Waals surface area contributed by atoms with Crippen LogP contribution >= 0.6 is 0 Å². The van der Waals surface area contributed by atoms with E-state index >= 15 is 0 Å². The Morgan fingerprint density at radius 3 is 2.48 bits per heavy atom. The van der Waals surface area contributed by atoms with Gasteiger partial charge in [-0.25, -0.2) is 14.5 Å². The molecule has 1 aromatic carbocycles. The van der Waals surface area contributed by atoms with E-state index in [4.69, 9.17) is 5.73 Å². The summed E-state index contributed by atoms with van der Waals surface area (Å²) < 4.78 is 1.78. The van der Waals surface area contributed by atoms with E-state index in [2.05, 4.69) is 25.6 Å². The monoisotopic (exact) mass is 447 g/mol. The Balaban J connectivity index is 1.42. The zero-order valence-corrected chi connectivity index (χ0v) is 19.0. The summed E-state index contributed by atoms with van der Waals surface area (Å²) >= 11 is 0. The molecule has 1 saturated heterocycles. The van der Waals surface area contributed by atoms with Crippen LogP contribution in [-0.4, -0.2) is 39.8 Å². The number of carbonyl (C=O) groups excluding carboxylic acids is 2. The summed E-state index contributed by atoms with van der Waals surface area (Å²) in [6.45, 7) is 6.06. The summed E-state index contributed by atoms with van der Waals surface area (Å²) in [6.07, 6.45) is 5.12. The number of urea groups is 1. The first-order valence-electron chi connectivity index (χ1n) is 11.1. The number of hydrogen-bond donors (Lipinski definition) is 3. The number of amides is 3. The number of carbonyl (C=O) groups is 2. The topological polar surface area (TPSA) is 118 Å². The molecule has 0 saturated carbocycles. The Bertz CT molecular complexity index is 1150. The summed E-state index contributed by atoms with van der Waals surface area (Å²) in [5.74, 6) is 0.195. The second-order valence-corrected chi connectivity index (χ2v) is 8.32. The lowest BCUT2D eigenvalue weighted by Crippen LogP contribution is -2.32. The molecule has 2 aromatic heterocycles. The number of nitrogens with zero attached hydrogens (tertiary/aromatic N) is 4. The average Bonchev–Trinajstić information content (AvgIpc) is 3.16. The molecule has 172 valence electrons. The van der Waals surface area contributed by atoms with E-state index in [0.29, 0.717) is 17.8 Å². The van der Waals surface area contributed by atoms with Crippen LogP contribution in [0.5, 0.6) is 0 Å². The summed E-state index contributed by atoms with van der Waals surface area (Å²) in [5.41, 5.74) is 10.1. The lowest BCUT2D eigenvalue weighted by Gasteiger charge is -2.30. The van der Waals surface area contributed by atoms with Crippen molar-refractivity contribution in [2.24, 2.45) is 5.73 Å². The number of pyridine rings is 1. The smallest absolute Gasteiger partial charge is 0.319 e. The van der Waals surface area contributed by atoms with Crippen LogP contribution in [-0.2, 0) is 6.54 Å². The maximum Gasteiger partial charge on any atom is 0.319 e. The number of piperidine rings is 1. The van der Waals surface area contributed by atoms with Gasteiger partial charge < -0.3 is 21.3 Å². The first-order chi connectivity index (χ1) is 15.9. The largest absolute Gasteiger partial charge is 0.370 e. The fourth-order valence-electron chi connectivity index (χ4n) is 4.06. The van der Waals surface area contributed by atoms with Gasteiger partial charge in [0.25, 0.3) is 0 Å². The molecule has 1 aliphatic heterocycles. The number of aromatic nitrogens is 3. The lowest BCUT2D eigenvalue weighted by atomic mass is 10.1. The molecule has 0 aliphatic carbocycles. The molecule has 0 unspecified atom stereocenters. The van der Waals surface area contributed by atoms with Gasteiger partial charge in [-0.2, -0.15) is 5.10 Å². The van der Waals surface area contributed by atoms with E-state index in [1.807, 2.05) is 38.1 Å². The van der Waals surface area contributed by atoms with Crippen LogP contribution in [0.1, 0.15) is 46.6 Å². The molecule has 9 heteroatoms. The summed E-state index contributed by atoms with van der Waals surface area (Å²) in [7, 11) is 0. The molecule has 9 nitrogen and oxygen atoms in total. The van der Waals surface area contributed by atoms with Crippen LogP contribution in [0.4, 0.5) is 16.2 Å². The maximum absolute atomic E-state index is 12.6. The molecule has 0 bridgehead atoms. The molecular weight excluding hydrogens is 418 g/mol. The van der Waals surface area contributed by atoms with Crippen molar-refractivity contribution in [1.29, 1.82) is 0 Å². The van der Waals surface area contributed by atoms with E-state index in [1.165, 1.54) is 6.42 Å². The van der Waals surface area contributed by atoms with Crippen molar-refractivity contribution < 1.29 is 9.59 Å². The molecule has 33 heavy (non-hydrogen) atoms. The highest BCUT2D eigenvalue weighted by Crippen LogP contribution is 2.29. The molecule has 3 aromatic rings. The fourth-order valence-corrected chi connectivity index (χ4v) is 4.06. The number of primary amides is 1. The summed E-state index contributed by atoms with van der Waals surface area (Å²) in [4.78, 5) is 31.0. The Kier molecular flexibility index (Phi) is 6.58. The van der Waals surface area contributed by atoms with E-state index in [0.717, 1.165) is 54.4 Å². The maximum atomic E-state index is 12.6. The number of nitrogens with two attached hydrogens (primary N) is 1. The highest BCUT2D eigenvalue weighted by atomic mass is 16.2. The number of benzene rings is 1. The van der Waals surface area contributed by atoms with Gasteiger partial charge in [-0.3, -0.25) is 4.79 Å². The Morgan fingerprint density at radius 1 is 1.06 bits per heavy atom. The molecular formula is C24H29N7O2. The Morgan fingerprint density at radius 2 is 1.85 bits per heavy atom. The van der Waals surface area contributed by atoms with Crippen molar-refractivity contribution in [3.05, 3.63) is 65.1 Å². The third-order valence-corrected chi connectivity index (χ3v) is 5.71. The molecule has 0 spiro atoms. The minimum Gasteiger partial charge on any atom is -0.370 e. The first-order valence-corrected chi connectivity index (χ1v) is 11.1. The Hall–Kier alpha value is -3.88. The van der Waals surface area contributed by atoms with Gasteiger partial charge in [-0.15, -0.1) is 0 Å². The number of anilines is 2. The highest BCUT2D eigenvalue weighted by Gasteiger charge is 2.17. The summed E-state index contributed by atoms with van der Waals surface area (Å²) in [5, 5.41) is 10.2. The third kappa shape index (κ3) is 5.31. The molecule has 3 amide bonds. The van der Waals surface area contributed by atoms with E-state index in [-0.39, 0.29) is 6.03 Å². The zero-order chi connectivity index (χ0) is 23.4. The second kappa shape index (κ2) is 9.72. The van der Waals surface area contributed by atoms with E-state index < -0.39 is 5.91 Å². The average molecular weight is 448 g/mol.